The van der Waals surface area contributed by atoms with Crippen LogP contribution in [0.2, 0.25) is 0 Å². The van der Waals surface area contributed by atoms with Crippen LogP contribution >= 0.6 is 11.3 Å². The molecule has 0 bridgehead atoms. The number of fused-ring (bicyclic) bond motifs is 1. The molecule has 3 aromatic heterocycles. The number of nitrogens with zero attached hydrogens (tertiary/aromatic N) is 3. The number of para-hydroxylation sites is 2. The molecule has 6 heteroatoms. The summed E-state index contributed by atoms with van der Waals surface area (Å²) in [6, 6.07) is 11.9. The van der Waals surface area contributed by atoms with Crippen molar-refractivity contribution in [2.24, 2.45) is 0 Å². The lowest BCUT2D eigenvalue weighted by molar-refractivity contribution is 1.04. The Labute approximate surface area is 131 Å². The van der Waals surface area contributed by atoms with Crippen molar-refractivity contribution >= 4 is 28.3 Å². The first-order chi connectivity index (χ1) is 10.9. The zero-order valence-electron chi connectivity index (χ0n) is 11.7. The van der Waals surface area contributed by atoms with Gasteiger partial charge in [-0.25, -0.2) is 9.97 Å². The van der Waals surface area contributed by atoms with Crippen LogP contribution in [0.15, 0.2) is 54.2 Å². The van der Waals surface area contributed by atoms with Crippen molar-refractivity contribution < 1.29 is 0 Å². The number of H-pyrrole nitrogens is 1. The molecule has 0 aliphatic heterocycles. The number of rotatable bonds is 4. The predicted molar refractivity (Wildman–Crippen MR) is 88.8 cm³/mol. The topological polar surface area (TPSA) is 66.5 Å². The van der Waals surface area contributed by atoms with Crippen LogP contribution < -0.4 is 5.32 Å². The molecule has 3 heterocycles. The number of imidazole rings is 1. The van der Waals surface area contributed by atoms with E-state index in [1.807, 2.05) is 42.6 Å². The van der Waals surface area contributed by atoms with E-state index in [1.54, 1.807) is 17.5 Å². The Hall–Kier alpha value is -2.73. The van der Waals surface area contributed by atoms with Crippen LogP contribution in [0, 0.1) is 0 Å². The number of hydrogen-bond acceptors (Lipinski definition) is 5. The Morgan fingerprint density at radius 3 is 2.91 bits per heavy atom. The molecule has 4 rings (SSSR count). The lowest BCUT2D eigenvalue weighted by Crippen LogP contribution is -2.01. The van der Waals surface area contributed by atoms with Gasteiger partial charge in [-0.2, -0.15) is 0 Å². The first kappa shape index (κ1) is 13.0. The Kier molecular flexibility index (Phi) is 3.29. The van der Waals surface area contributed by atoms with Crippen LogP contribution in [-0.4, -0.2) is 19.9 Å². The fourth-order valence-corrected chi connectivity index (χ4v) is 3.03. The van der Waals surface area contributed by atoms with Crippen molar-refractivity contribution in [1.29, 1.82) is 0 Å². The molecule has 0 atom stereocenters. The number of benzene rings is 1. The molecule has 0 fully saturated rings. The van der Waals surface area contributed by atoms with E-state index in [2.05, 4.69) is 30.6 Å². The summed E-state index contributed by atoms with van der Waals surface area (Å²) in [7, 11) is 0. The third-order valence-corrected chi connectivity index (χ3v) is 4.23. The number of aromatic amines is 1. The second-order valence-corrected chi connectivity index (χ2v) is 5.70. The molecular weight excluding hydrogens is 294 g/mol. The quantitative estimate of drug-likeness (QED) is 0.603. The first-order valence-electron chi connectivity index (χ1n) is 6.92. The summed E-state index contributed by atoms with van der Waals surface area (Å²) in [5.41, 5.74) is 4.02. The molecule has 0 spiro atoms. The van der Waals surface area contributed by atoms with Gasteiger partial charge in [-0.3, -0.25) is 4.98 Å². The molecule has 2 N–H and O–H groups in total. The largest absolute Gasteiger partial charge is 0.350 e. The van der Waals surface area contributed by atoms with Gasteiger partial charge in [0.05, 0.1) is 23.3 Å². The number of pyridine rings is 1. The molecule has 4 aromatic rings. The number of anilines is 1. The molecule has 0 saturated heterocycles. The fraction of sp³-hybridized carbons (Fsp3) is 0.0625. The number of nitrogens with one attached hydrogen (secondary N) is 2. The van der Waals surface area contributed by atoms with Crippen LogP contribution in [0.1, 0.15) is 5.69 Å². The number of aromatic nitrogens is 4. The van der Waals surface area contributed by atoms with Crippen molar-refractivity contribution in [3.63, 3.8) is 0 Å². The van der Waals surface area contributed by atoms with Gasteiger partial charge in [0.15, 0.2) is 0 Å². The van der Waals surface area contributed by atoms with Crippen LogP contribution in [0.5, 0.6) is 0 Å². The van der Waals surface area contributed by atoms with E-state index in [0.717, 1.165) is 33.2 Å². The number of thiazole rings is 1. The van der Waals surface area contributed by atoms with Crippen molar-refractivity contribution in [3.05, 3.63) is 59.9 Å². The van der Waals surface area contributed by atoms with Gasteiger partial charge in [0.1, 0.15) is 5.01 Å². The van der Waals surface area contributed by atoms with Gasteiger partial charge in [-0.05, 0) is 24.3 Å². The highest BCUT2D eigenvalue weighted by Crippen LogP contribution is 2.23. The maximum atomic E-state index is 4.62. The molecule has 0 aliphatic carbocycles. The summed E-state index contributed by atoms with van der Waals surface area (Å²) in [5, 5.41) is 6.31. The van der Waals surface area contributed by atoms with Crippen molar-refractivity contribution in [3.8, 4) is 10.6 Å². The summed E-state index contributed by atoms with van der Waals surface area (Å²) in [5.74, 6) is 0.761. The molecule has 5 nitrogen and oxygen atoms in total. The van der Waals surface area contributed by atoms with Crippen molar-refractivity contribution in [2.45, 2.75) is 6.54 Å². The monoisotopic (exact) mass is 307 g/mol. The van der Waals surface area contributed by atoms with Gasteiger partial charge in [0, 0.05) is 23.3 Å². The highest BCUT2D eigenvalue weighted by molar-refractivity contribution is 7.13. The van der Waals surface area contributed by atoms with Crippen molar-refractivity contribution in [2.75, 3.05) is 5.32 Å². The summed E-state index contributed by atoms with van der Waals surface area (Å²) in [4.78, 5) is 16.5. The minimum atomic E-state index is 0.636. The maximum absolute atomic E-state index is 4.62. The fourth-order valence-electron chi connectivity index (χ4n) is 2.22. The second kappa shape index (κ2) is 5.57. The molecule has 0 unspecified atom stereocenters. The third-order valence-electron chi connectivity index (χ3n) is 3.29. The van der Waals surface area contributed by atoms with Gasteiger partial charge >= 0.3 is 0 Å². The predicted octanol–water partition coefficient (Wildman–Crippen LogP) is 3.69. The van der Waals surface area contributed by atoms with Gasteiger partial charge in [-0.1, -0.05) is 12.1 Å². The van der Waals surface area contributed by atoms with E-state index < -0.39 is 0 Å². The smallest absolute Gasteiger partial charge is 0.201 e. The standard InChI is InChI=1S/C16H13N5S/c1-2-6-14-13(5-1)20-16(21-14)18-9-12-10-22-15(19-12)11-4-3-7-17-8-11/h1-8,10H,9H2,(H2,18,20,21). The SMILES string of the molecule is c1cncc(-c2nc(CNc3nc4ccccc4[nH]3)cs2)c1. The molecule has 1 aromatic carbocycles. The van der Waals surface area contributed by atoms with Crippen LogP contribution in [-0.2, 0) is 6.54 Å². The van der Waals surface area contributed by atoms with Gasteiger partial charge in [-0.15, -0.1) is 11.3 Å². The Bertz CT molecular complexity index is 864. The highest BCUT2D eigenvalue weighted by atomic mass is 32.1. The lowest BCUT2D eigenvalue weighted by atomic mass is 10.3. The highest BCUT2D eigenvalue weighted by Gasteiger charge is 2.06. The van der Waals surface area contributed by atoms with E-state index in [9.17, 15) is 0 Å². The average molecular weight is 307 g/mol. The molecule has 0 amide bonds. The molecule has 0 radical (unpaired) electrons. The van der Waals surface area contributed by atoms with E-state index >= 15 is 0 Å². The number of hydrogen-bond donors (Lipinski definition) is 2. The van der Waals surface area contributed by atoms with Crippen LogP contribution in [0.4, 0.5) is 5.95 Å². The first-order valence-corrected chi connectivity index (χ1v) is 7.80. The maximum Gasteiger partial charge on any atom is 0.201 e. The summed E-state index contributed by atoms with van der Waals surface area (Å²) >= 11 is 1.62. The zero-order chi connectivity index (χ0) is 14.8. The zero-order valence-corrected chi connectivity index (χ0v) is 12.5. The Morgan fingerprint density at radius 1 is 1.09 bits per heavy atom. The van der Waals surface area contributed by atoms with Crippen molar-refractivity contribution in [1.82, 2.24) is 19.9 Å². The van der Waals surface area contributed by atoms with E-state index in [4.69, 9.17) is 0 Å². The molecule has 0 saturated carbocycles. The Balaban J connectivity index is 1.49. The second-order valence-electron chi connectivity index (χ2n) is 4.84. The van der Waals surface area contributed by atoms with Gasteiger partial charge in [0.25, 0.3) is 0 Å². The van der Waals surface area contributed by atoms with E-state index in [0.29, 0.717) is 6.54 Å². The molecule has 22 heavy (non-hydrogen) atoms. The van der Waals surface area contributed by atoms with E-state index in [-0.39, 0.29) is 0 Å². The Morgan fingerprint density at radius 2 is 2.05 bits per heavy atom. The molecule has 108 valence electrons. The van der Waals surface area contributed by atoms with E-state index in [1.165, 1.54) is 0 Å². The summed E-state index contributed by atoms with van der Waals surface area (Å²) in [6.45, 7) is 0.636. The molecule has 0 aliphatic rings. The third kappa shape index (κ3) is 2.56. The minimum absolute atomic E-state index is 0.636. The van der Waals surface area contributed by atoms with Crippen LogP contribution in [0.25, 0.3) is 21.6 Å². The van der Waals surface area contributed by atoms with Gasteiger partial charge < -0.3 is 10.3 Å². The lowest BCUT2D eigenvalue weighted by Gasteiger charge is -1.99. The normalized spacial score (nSPS) is 10.9. The van der Waals surface area contributed by atoms with Gasteiger partial charge in [0.2, 0.25) is 5.95 Å². The average Bonchev–Trinajstić information content (AvgIpc) is 3.20. The summed E-state index contributed by atoms with van der Waals surface area (Å²) < 4.78 is 0. The summed E-state index contributed by atoms with van der Waals surface area (Å²) in [6.07, 6.45) is 3.59. The molecular formula is C16H13N5S. The van der Waals surface area contributed by atoms with Crippen LogP contribution in [0.3, 0.4) is 0 Å². The minimum Gasteiger partial charge on any atom is -0.350 e.